The van der Waals surface area contributed by atoms with Crippen LogP contribution in [0.1, 0.15) is 324 Å². The Labute approximate surface area is 521 Å². The number of amides is 4. The van der Waals surface area contributed by atoms with Crippen LogP contribution in [0.4, 0.5) is 0 Å². The number of nitrogens with one attached hydrogen (secondary N) is 3. The zero-order valence-electron chi connectivity index (χ0n) is 54.9. The van der Waals surface area contributed by atoms with Gasteiger partial charge in [-0.1, -0.05) is 277 Å². The molecule has 16 nitrogen and oxygen atoms in total. The molecule has 4 amide bonds. The maximum Gasteiger partial charge on any atom is 0.305 e. The number of ether oxygens (including phenoxy) is 4. The lowest BCUT2D eigenvalue weighted by molar-refractivity contribution is -0.204. The molecule has 0 aromatic heterocycles. The SMILES string of the molecule is CCCCCCCCCCCCCCCCCC(=O)OC[C@H]1O[C@@H](SC(=O)C(CCCCCCCCCCCCCC)CCCCCCCCCCCCCC)[C@H](NC(C)=O)[C@@H](O[C@H](C)C(=O)N[C@@H](C)C(=O)N[C@H](CCC(=O)OC)C(N)=O)[C@@H]1O. The molecule has 0 spiro atoms. The van der Waals surface area contributed by atoms with Crippen molar-refractivity contribution in [3.8, 4) is 0 Å². The number of thioether (sulfide) groups is 1. The predicted octanol–water partition coefficient (Wildman–Crippen LogP) is 14.6. The Morgan fingerprint density at radius 1 is 0.529 bits per heavy atom. The summed E-state index contributed by atoms with van der Waals surface area (Å²) in [6.07, 6.45) is 43.1. The van der Waals surface area contributed by atoms with Gasteiger partial charge in [0, 0.05) is 25.7 Å². The van der Waals surface area contributed by atoms with Crippen LogP contribution in [0.3, 0.4) is 0 Å². The largest absolute Gasteiger partial charge is 0.469 e. The smallest absolute Gasteiger partial charge is 0.305 e. The van der Waals surface area contributed by atoms with Gasteiger partial charge in [-0.2, -0.15) is 0 Å². The van der Waals surface area contributed by atoms with E-state index in [1.54, 1.807) is 0 Å². The van der Waals surface area contributed by atoms with Crippen LogP contribution in [0.25, 0.3) is 0 Å². The first-order valence-corrected chi connectivity index (χ1v) is 35.6. The fraction of sp³-hybridized carbons (Fsp3) is 0.897. The van der Waals surface area contributed by atoms with E-state index in [1.807, 2.05) is 0 Å². The number of esters is 2. The van der Waals surface area contributed by atoms with E-state index in [9.17, 15) is 38.7 Å². The van der Waals surface area contributed by atoms with Gasteiger partial charge in [0.25, 0.3) is 0 Å². The molecule has 6 N–H and O–H groups in total. The summed E-state index contributed by atoms with van der Waals surface area (Å²) in [4.78, 5) is 91.9. The van der Waals surface area contributed by atoms with Crippen LogP contribution in [0.2, 0.25) is 0 Å². The average molecular weight is 1220 g/mol. The summed E-state index contributed by atoms with van der Waals surface area (Å²) in [6.45, 7) is 10.5. The maximum absolute atomic E-state index is 14.7. The van der Waals surface area contributed by atoms with Gasteiger partial charge in [0.2, 0.25) is 23.6 Å². The van der Waals surface area contributed by atoms with Crippen LogP contribution in [-0.2, 0) is 52.5 Å². The van der Waals surface area contributed by atoms with E-state index in [-0.39, 0.29) is 36.9 Å². The number of methoxy groups -OCH3 is 1. The number of hydrogen-bond acceptors (Lipinski definition) is 13. The lowest BCUT2D eigenvalue weighted by Crippen LogP contribution is -2.65. The van der Waals surface area contributed by atoms with Crippen LogP contribution in [-0.4, -0.2) is 107 Å². The highest BCUT2D eigenvalue weighted by molar-refractivity contribution is 8.14. The van der Waals surface area contributed by atoms with Crippen molar-refractivity contribution in [2.75, 3.05) is 13.7 Å². The second-order valence-electron chi connectivity index (χ2n) is 24.7. The number of primary amides is 1. The van der Waals surface area contributed by atoms with Gasteiger partial charge < -0.3 is 45.7 Å². The van der Waals surface area contributed by atoms with Crippen molar-refractivity contribution in [2.45, 2.75) is 372 Å². The minimum atomic E-state index is -1.54. The van der Waals surface area contributed by atoms with Gasteiger partial charge >= 0.3 is 11.9 Å². The standard InChI is InChI=1S/C68H126N4O12S/c1-8-11-14-17-20-23-26-29-30-31-34-37-40-43-46-49-60(75)82-52-58-62(76)63(83-54(5)66(79)70-53(4)65(78)72-57(64(69)77)50-51-59(74)81-7)61(71-55(6)73)68(84-58)85-67(80)56(47-44-41-38-35-32-27-24-21-18-15-12-9-2)48-45-42-39-36-33-28-25-22-19-16-13-10-3/h53-54,56-58,61-63,68,76H,8-52H2,1-7H3,(H2,69,77)(H,70,79)(H,71,73)(H,72,78)/t53-,54+,57+,58+,61+,62+,63+,68-/m0/s1. The van der Waals surface area contributed by atoms with Crippen molar-refractivity contribution < 1.29 is 57.6 Å². The van der Waals surface area contributed by atoms with Gasteiger partial charge in [-0.15, -0.1) is 0 Å². The average Bonchev–Trinajstić information content (AvgIpc) is 3.37. The third kappa shape index (κ3) is 41.6. The fourth-order valence-corrected chi connectivity index (χ4v) is 12.5. The first-order valence-electron chi connectivity index (χ1n) is 34.7. The molecule has 1 saturated heterocycles. The minimum absolute atomic E-state index is 0.0861. The summed E-state index contributed by atoms with van der Waals surface area (Å²) < 4.78 is 23.3. The molecule has 0 bridgehead atoms. The Morgan fingerprint density at radius 3 is 1.32 bits per heavy atom. The molecule has 1 fully saturated rings. The van der Waals surface area contributed by atoms with E-state index in [2.05, 4.69) is 41.5 Å². The second kappa shape index (κ2) is 53.7. The zero-order valence-corrected chi connectivity index (χ0v) is 55.8. The number of aliphatic hydroxyl groups is 1. The van der Waals surface area contributed by atoms with Crippen molar-refractivity contribution in [1.29, 1.82) is 0 Å². The molecule has 0 radical (unpaired) electrons. The van der Waals surface area contributed by atoms with Crippen molar-refractivity contribution in [3.05, 3.63) is 0 Å². The third-order valence-electron chi connectivity index (χ3n) is 16.8. The highest BCUT2D eigenvalue weighted by Crippen LogP contribution is 2.35. The Bertz CT molecular complexity index is 1710. The quantitative estimate of drug-likeness (QED) is 0.0282. The van der Waals surface area contributed by atoms with Crippen molar-refractivity contribution in [3.63, 3.8) is 0 Å². The van der Waals surface area contributed by atoms with E-state index >= 15 is 0 Å². The minimum Gasteiger partial charge on any atom is -0.469 e. The maximum atomic E-state index is 14.7. The highest BCUT2D eigenvalue weighted by Gasteiger charge is 2.49. The molecule has 1 heterocycles. The van der Waals surface area contributed by atoms with Gasteiger partial charge in [-0.05, 0) is 39.5 Å². The van der Waals surface area contributed by atoms with E-state index in [4.69, 9.17) is 19.9 Å². The number of carbonyl (C=O) groups is 7. The van der Waals surface area contributed by atoms with E-state index in [0.29, 0.717) is 6.42 Å². The van der Waals surface area contributed by atoms with Crippen molar-refractivity contribution in [2.24, 2.45) is 11.7 Å². The number of rotatable bonds is 57. The topological polar surface area (TPSA) is 239 Å². The molecule has 1 rings (SSSR count). The van der Waals surface area contributed by atoms with Crippen molar-refractivity contribution in [1.82, 2.24) is 16.0 Å². The Morgan fingerprint density at radius 2 is 0.929 bits per heavy atom. The lowest BCUT2D eigenvalue weighted by atomic mass is 9.95. The van der Waals surface area contributed by atoms with Crippen LogP contribution >= 0.6 is 11.8 Å². The molecule has 0 aromatic rings. The molecular weight excluding hydrogens is 1100 g/mol. The van der Waals surface area contributed by atoms with Gasteiger partial charge in [-0.25, -0.2) is 0 Å². The zero-order chi connectivity index (χ0) is 62.7. The van der Waals surface area contributed by atoms with Gasteiger partial charge in [-0.3, -0.25) is 33.6 Å². The van der Waals surface area contributed by atoms with Crippen LogP contribution < -0.4 is 21.7 Å². The highest BCUT2D eigenvalue weighted by atomic mass is 32.2. The summed E-state index contributed by atoms with van der Waals surface area (Å²) >= 11 is 0.961. The second-order valence-corrected chi connectivity index (χ2v) is 25.8. The van der Waals surface area contributed by atoms with Crippen LogP contribution in [0.15, 0.2) is 0 Å². The molecule has 0 aromatic carbocycles. The Balaban J connectivity index is 3.22. The van der Waals surface area contributed by atoms with E-state index in [1.165, 1.54) is 214 Å². The van der Waals surface area contributed by atoms with E-state index in [0.717, 1.165) is 82.4 Å². The summed E-state index contributed by atoms with van der Waals surface area (Å²) in [5, 5.41) is 19.9. The molecule has 85 heavy (non-hydrogen) atoms. The molecule has 0 saturated carbocycles. The van der Waals surface area contributed by atoms with Crippen molar-refractivity contribution >= 4 is 52.4 Å². The third-order valence-corrected chi connectivity index (χ3v) is 18.0. The first kappa shape index (κ1) is 79.7. The molecule has 1 aliphatic rings. The van der Waals surface area contributed by atoms with E-state index < -0.39 is 83.5 Å². The molecule has 496 valence electrons. The summed E-state index contributed by atoms with van der Waals surface area (Å²) in [5.74, 6) is -4.18. The summed E-state index contributed by atoms with van der Waals surface area (Å²) in [6, 6.07) is -3.54. The van der Waals surface area contributed by atoms with Crippen LogP contribution in [0.5, 0.6) is 0 Å². The fourth-order valence-electron chi connectivity index (χ4n) is 11.3. The number of aliphatic hydroxyl groups excluding tert-OH is 1. The van der Waals surface area contributed by atoms with Gasteiger partial charge in [0.1, 0.15) is 48.5 Å². The molecular formula is C68H126N4O12S. The molecule has 8 atom stereocenters. The number of nitrogens with two attached hydrogens (primary N) is 1. The Hall–Kier alpha value is -3.28. The lowest BCUT2D eigenvalue weighted by Gasteiger charge is -2.45. The van der Waals surface area contributed by atoms with Gasteiger partial charge in [0.15, 0.2) is 5.12 Å². The normalized spacial score (nSPS) is 17.9. The molecule has 17 heteroatoms. The molecule has 0 aliphatic carbocycles. The summed E-state index contributed by atoms with van der Waals surface area (Å²) in [5.41, 5.74) is 4.41. The van der Waals surface area contributed by atoms with Gasteiger partial charge in [0.05, 0.1) is 13.2 Å². The molecule has 0 unspecified atom stereocenters. The number of carbonyl (C=O) groups excluding carboxylic acids is 7. The first-order chi connectivity index (χ1) is 41.1. The number of hydrogen-bond donors (Lipinski definition) is 5. The number of unbranched alkanes of at least 4 members (excludes halogenated alkanes) is 36. The van der Waals surface area contributed by atoms with Crippen LogP contribution in [0, 0.1) is 5.92 Å². The summed E-state index contributed by atoms with van der Waals surface area (Å²) in [7, 11) is 1.20. The monoisotopic (exact) mass is 1220 g/mol. The molecule has 1 aliphatic heterocycles. The Kier molecular flexibility index (Phi) is 50.4. The predicted molar refractivity (Wildman–Crippen MR) is 345 cm³/mol.